The second-order valence-corrected chi connectivity index (χ2v) is 2.28. The largest absolute Gasteiger partial charge is 0.381 e. The van der Waals surface area contributed by atoms with E-state index in [0.29, 0.717) is 5.92 Å². The standard InChI is InChI=1S/C6H12N2O/c7-8-4-6-2-1-3-9-5-6/h4,6H,1-3,5,7H2/b8-4+. The highest BCUT2D eigenvalue weighted by Crippen LogP contribution is 2.10. The Morgan fingerprint density at radius 1 is 1.67 bits per heavy atom. The second-order valence-electron chi connectivity index (χ2n) is 2.28. The van der Waals surface area contributed by atoms with Gasteiger partial charge in [-0.15, -0.1) is 0 Å². The van der Waals surface area contributed by atoms with Crippen molar-refractivity contribution < 1.29 is 4.74 Å². The first-order valence-corrected chi connectivity index (χ1v) is 3.24. The topological polar surface area (TPSA) is 47.6 Å². The van der Waals surface area contributed by atoms with Crippen molar-refractivity contribution in [2.24, 2.45) is 16.9 Å². The molecule has 2 N–H and O–H groups in total. The molecule has 0 aromatic heterocycles. The quantitative estimate of drug-likeness (QED) is 0.315. The summed E-state index contributed by atoms with van der Waals surface area (Å²) in [4.78, 5) is 0. The van der Waals surface area contributed by atoms with Crippen LogP contribution in [0.4, 0.5) is 0 Å². The summed E-state index contributed by atoms with van der Waals surface area (Å²) < 4.78 is 5.19. The molecule has 0 aromatic rings. The molecule has 1 unspecified atom stereocenters. The highest BCUT2D eigenvalue weighted by molar-refractivity contribution is 5.60. The first kappa shape index (κ1) is 6.55. The molecule has 1 rings (SSSR count). The lowest BCUT2D eigenvalue weighted by atomic mass is 10.0. The minimum absolute atomic E-state index is 0.462. The molecule has 1 atom stereocenters. The van der Waals surface area contributed by atoms with Crippen molar-refractivity contribution >= 4 is 6.21 Å². The summed E-state index contributed by atoms with van der Waals surface area (Å²) in [6, 6.07) is 0. The van der Waals surface area contributed by atoms with Gasteiger partial charge in [-0.25, -0.2) is 0 Å². The van der Waals surface area contributed by atoms with Crippen molar-refractivity contribution in [2.75, 3.05) is 13.2 Å². The van der Waals surface area contributed by atoms with E-state index in [9.17, 15) is 0 Å². The van der Waals surface area contributed by atoms with E-state index in [0.717, 1.165) is 19.6 Å². The zero-order valence-corrected chi connectivity index (χ0v) is 5.42. The number of rotatable bonds is 1. The smallest absolute Gasteiger partial charge is 0.0544 e. The predicted molar refractivity (Wildman–Crippen MR) is 36.2 cm³/mol. The fourth-order valence-electron chi connectivity index (χ4n) is 1.00. The van der Waals surface area contributed by atoms with Crippen molar-refractivity contribution in [3.05, 3.63) is 0 Å². The zero-order chi connectivity index (χ0) is 6.53. The van der Waals surface area contributed by atoms with Crippen molar-refractivity contribution in [2.45, 2.75) is 12.8 Å². The van der Waals surface area contributed by atoms with Gasteiger partial charge >= 0.3 is 0 Å². The lowest BCUT2D eigenvalue weighted by Gasteiger charge is -2.17. The summed E-state index contributed by atoms with van der Waals surface area (Å²) in [7, 11) is 0. The summed E-state index contributed by atoms with van der Waals surface area (Å²) >= 11 is 0. The molecular formula is C6H12N2O. The van der Waals surface area contributed by atoms with E-state index in [1.807, 2.05) is 0 Å². The summed E-state index contributed by atoms with van der Waals surface area (Å²) in [6.07, 6.45) is 4.07. The van der Waals surface area contributed by atoms with E-state index in [-0.39, 0.29) is 0 Å². The maximum absolute atomic E-state index is 5.19. The fourth-order valence-corrected chi connectivity index (χ4v) is 1.00. The van der Waals surface area contributed by atoms with Gasteiger partial charge in [0.05, 0.1) is 6.61 Å². The van der Waals surface area contributed by atoms with Gasteiger partial charge in [0.2, 0.25) is 0 Å². The number of nitrogens with two attached hydrogens (primary N) is 1. The summed E-state index contributed by atoms with van der Waals surface area (Å²) in [6.45, 7) is 1.69. The minimum atomic E-state index is 0.462. The third-order valence-electron chi connectivity index (χ3n) is 1.49. The van der Waals surface area contributed by atoms with Crippen molar-refractivity contribution in [3.8, 4) is 0 Å². The summed E-state index contributed by atoms with van der Waals surface area (Å²) in [5, 5.41) is 3.45. The zero-order valence-electron chi connectivity index (χ0n) is 5.42. The monoisotopic (exact) mass is 128 g/mol. The van der Waals surface area contributed by atoms with E-state index >= 15 is 0 Å². The highest BCUT2D eigenvalue weighted by atomic mass is 16.5. The third kappa shape index (κ3) is 2.01. The second kappa shape index (κ2) is 3.45. The molecule has 1 aliphatic heterocycles. The van der Waals surface area contributed by atoms with Gasteiger partial charge in [0.25, 0.3) is 0 Å². The van der Waals surface area contributed by atoms with Crippen molar-refractivity contribution in [1.29, 1.82) is 0 Å². The molecule has 0 bridgehead atoms. The average molecular weight is 128 g/mol. The van der Waals surface area contributed by atoms with E-state index in [1.165, 1.54) is 6.42 Å². The lowest BCUT2D eigenvalue weighted by molar-refractivity contribution is 0.0783. The Morgan fingerprint density at radius 2 is 2.56 bits per heavy atom. The van der Waals surface area contributed by atoms with Gasteiger partial charge < -0.3 is 10.6 Å². The molecule has 0 saturated carbocycles. The maximum Gasteiger partial charge on any atom is 0.0544 e. The van der Waals surface area contributed by atoms with Crippen molar-refractivity contribution in [3.63, 3.8) is 0 Å². The van der Waals surface area contributed by atoms with Crippen LogP contribution in [0.25, 0.3) is 0 Å². The van der Waals surface area contributed by atoms with E-state index in [2.05, 4.69) is 5.10 Å². The Morgan fingerprint density at radius 3 is 3.11 bits per heavy atom. The van der Waals surface area contributed by atoms with Crippen LogP contribution in [-0.2, 0) is 4.74 Å². The number of ether oxygens (including phenoxy) is 1. The fraction of sp³-hybridized carbons (Fsp3) is 0.833. The molecule has 52 valence electrons. The Labute approximate surface area is 54.9 Å². The van der Waals surface area contributed by atoms with Gasteiger partial charge in [0.15, 0.2) is 0 Å². The highest BCUT2D eigenvalue weighted by Gasteiger charge is 2.10. The maximum atomic E-state index is 5.19. The molecule has 3 nitrogen and oxygen atoms in total. The van der Waals surface area contributed by atoms with Gasteiger partial charge in [-0.3, -0.25) is 0 Å². The Bertz CT molecular complexity index is 97.2. The molecule has 1 aliphatic rings. The van der Waals surface area contributed by atoms with Gasteiger partial charge in [0.1, 0.15) is 0 Å². The Balaban J connectivity index is 2.23. The molecule has 0 aliphatic carbocycles. The molecule has 1 heterocycles. The van der Waals surface area contributed by atoms with Crippen LogP contribution in [-0.4, -0.2) is 19.4 Å². The lowest BCUT2D eigenvalue weighted by Crippen LogP contribution is -2.18. The molecular weight excluding hydrogens is 116 g/mol. The van der Waals surface area contributed by atoms with Crippen LogP contribution >= 0.6 is 0 Å². The van der Waals surface area contributed by atoms with Crippen LogP contribution in [0.15, 0.2) is 5.10 Å². The van der Waals surface area contributed by atoms with Crippen LogP contribution in [0.2, 0.25) is 0 Å². The van der Waals surface area contributed by atoms with Crippen LogP contribution in [0.3, 0.4) is 0 Å². The van der Waals surface area contributed by atoms with E-state index in [4.69, 9.17) is 10.6 Å². The number of hydrazone groups is 1. The summed E-state index contributed by atoms with van der Waals surface area (Å²) in [5.41, 5.74) is 0. The SMILES string of the molecule is N/N=C/C1CCCOC1. The predicted octanol–water partition coefficient (Wildman–Crippen LogP) is 0.357. The third-order valence-corrected chi connectivity index (χ3v) is 1.49. The molecule has 0 amide bonds. The van der Waals surface area contributed by atoms with E-state index in [1.54, 1.807) is 6.21 Å². The molecule has 0 aromatic carbocycles. The van der Waals surface area contributed by atoms with Gasteiger partial charge in [0, 0.05) is 18.7 Å². The molecule has 1 fully saturated rings. The first-order valence-electron chi connectivity index (χ1n) is 3.24. The molecule has 3 heteroatoms. The van der Waals surface area contributed by atoms with Crippen LogP contribution in [0.1, 0.15) is 12.8 Å². The summed E-state index contributed by atoms with van der Waals surface area (Å²) in [5.74, 6) is 5.44. The van der Waals surface area contributed by atoms with Crippen LogP contribution in [0.5, 0.6) is 0 Å². The first-order chi connectivity index (χ1) is 4.43. The van der Waals surface area contributed by atoms with Gasteiger partial charge in [-0.05, 0) is 12.8 Å². The van der Waals surface area contributed by atoms with Crippen LogP contribution < -0.4 is 5.84 Å². The van der Waals surface area contributed by atoms with E-state index < -0.39 is 0 Å². The number of hydrogen-bond donors (Lipinski definition) is 1. The molecule has 0 radical (unpaired) electrons. The normalized spacial score (nSPS) is 29.1. The number of hydrogen-bond acceptors (Lipinski definition) is 3. The van der Waals surface area contributed by atoms with Crippen molar-refractivity contribution in [1.82, 2.24) is 0 Å². The van der Waals surface area contributed by atoms with Gasteiger partial charge in [-0.2, -0.15) is 5.10 Å². The molecule has 9 heavy (non-hydrogen) atoms. The number of nitrogens with zero attached hydrogens (tertiary/aromatic N) is 1. The van der Waals surface area contributed by atoms with Gasteiger partial charge in [-0.1, -0.05) is 0 Å². The molecule has 0 spiro atoms. The average Bonchev–Trinajstić information content (AvgIpc) is 1.91. The minimum Gasteiger partial charge on any atom is -0.381 e. The Kier molecular flexibility index (Phi) is 2.51. The van der Waals surface area contributed by atoms with Crippen LogP contribution in [0, 0.1) is 5.92 Å². The molecule has 1 saturated heterocycles. The Hall–Kier alpha value is -0.570.